The van der Waals surface area contributed by atoms with Gasteiger partial charge in [-0.05, 0) is 47.7 Å². The molecule has 0 bridgehead atoms. The van der Waals surface area contributed by atoms with Crippen LogP contribution in [0.3, 0.4) is 0 Å². The third-order valence-electron chi connectivity index (χ3n) is 5.36. The van der Waals surface area contributed by atoms with Crippen molar-refractivity contribution in [2.24, 2.45) is 16.7 Å². The van der Waals surface area contributed by atoms with Crippen LogP contribution in [0.1, 0.15) is 53.9 Å². The predicted octanol–water partition coefficient (Wildman–Crippen LogP) is 5.29. The van der Waals surface area contributed by atoms with E-state index >= 15 is 0 Å². The normalized spacial score (nSPS) is 28.8. The summed E-state index contributed by atoms with van der Waals surface area (Å²) in [5.74, 6) is -0.252. The molecule has 1 saturated carbocycles. The molecule has 2 nitrogen and oxygen atoms in total. The number of fused-ring (bicyclic) bond motifs is 1. The lowest BCUT2D eigenvalue weighted by atomic mass is 9.63. The van der Waals surface area contributed by atoms with Crippen molar-refractivity contribution in [3.05, 3.63) is 47.1 Å². The fraction of sp³-hybridized carbons (Fsp3) is 0.550. The summed E-state index contributed by atoms with van der Waals surface area (Å²) in [5, 5.41) is 8.74. The van der Waals surface area contributed by atoms with Crippen LogP contribution in [0.2, 0.25) is 0 Å². The number of rotatable bonds is 3. The first-order valence-electron chi connectivity index (χ1n) is 8.17. The molecule has 1 N–H and O–H groups in total. The minimum Gasteiger partial charge on any atom is -0.478 e. The van der Waals surface area contributed by atoms with Gasteiger partial charge in [0, 0.05) is 6.08 Å². The van der Waals surface area contributed by atoms with Gasteiger partial charge < -0.3 is 5.11 Å². The maximum absolute atomic E-state index is 10.6. The molecule has 0 aromatic rings. The van der Waals surface area contributed by atoms with Gasteiger partial charge in [-0.15, -0.1) is 0 Å². The van der Waals surface area contributed by atoms with Gasteiger partial charge in [0.05, 0.1) is 0 Å². The maximum atomic E-state index is 10.6. The van der Waals surface area contributed by atoms with Crippen molar-refractivity contribution in [2.45, 2.75) is 53.9 Å². The molecule has 2 aliphatic rings. The van der Waals surface area contributed by atoms with Crippen molar-refractivity contribution in [1.82, 2.24) is 0 Å². The van der Waals surface area contributed by atoms with E-state index in [1.807, 2.05) is 19.1 Å². The summed E-state index contributed by atoms with van der Waals surface area (Å²) >= 11 is 0. The molecule has 2 rings (SSSR count). The average molecular weight is 300 g/mol. The zero-order chi connectivity index (χ0) is 16.5. The van der Waals surface area contributed by atoms with Gasteiger partial charge in [0.25, 0.3) is 0 Å². The average Bonchev–Trinajstić information content (AvgIpc) is 2.62. The zero-order valence-electron chi connectivity index (χ0n) is 14.4. The Morgan fingerprint density at radius 2 is 2.00 bits per heavy atom. The van der Waals surface area contributed by atoms with E-state index in [4.69, 9.17) is 5.11 Å². The Hall–Kier alpha value is -1.57. The second-order valence-corrected chi connectivity index (χ2v) is 7.86. The van der Waals surface area contributed by atoms with Crippen LogP contribution < -0.4 is 0 Å². The lowest BCUT2D eigenvalue weighted by Crippen LogP contribution is -2.31. The largest absolute Gasteiger partial charge is 0.478 e. The minimum absolute atomic E-state index is 0.168. The summed E-state index contributed by atoms with van der Waals surface area (Å²) in [6.07, 6.45) is 13.5. The second-order valence-electron chi connectivity index (χ2n) is 7.86. The summed E-state index contributed by atoms with van der Waals surface area (Å²) in [5.41, 5.74) is 4.19. The Bertz CT molecular complexity index is 583. The highest BCUT2D eigenvalue weighted by Crippen LogP contribution is 2.57. The lowest BCUT2D eigenvalue weighted by molar-refractivity contribution is -0.131. The van der Waals surface area contributed by atoms with E-state index in [0.717, 1.165) is 5.57 Å². The zero-order valence-corrected chi connectivity index (χ0v) is 14.4. The molecule has 1 atom stereocenters. The number of aliphatic carboxylic acids is 1. The molecule has 0 spiro atoms. The number of carbonyl (C=O) groups is 1. The van der Waals surface area contributed by atoms with Gasteiger partial charge in [-0.25, -0.2) is 4.79 Å². The molecule has 0 aromatic carbocycles. The molecule has 0 amide bonds. The molecule has 0 aliphatic heterocycles. The monoisotopic (exact) mass is 300 g/mol. The molecule has 2 aliphatic carbocycles. The fourth-order valence-corrected chi connectivity index (χ4v) is 3.93. The molecular weight excluding hydrogens is 272 g/mol. The van der Waals surface area contributed by atoms with Crippen LogP contribution >= 0.6 is 0 Å². The van der Waals surface area contributed by atoms with Crippen LogP contribution in [0.25, 0.3) is 0 Å². The summed E-state index contributed by atoms with van der Waals surface area (Å²) in [7, 11) is 0. The molecule has 2 heteroatoms. The highest BCUT2D eigenvalue weighted by molar-refractivity contribution is 5.81. The van der Waals surface area contributed by atoms with Gasteiger partial charge in [-0.2, -0.15) is 0 Å². The van der Waals surface area contributed by atoms with Gasteiger partial charge >= 0.3 is 5.97 Å². The third kappa shape index (κ3) is 3.26. The van der Waals surface area contributed by atoms with Crippen molar-refractivity contribution in [3.63, 3.8) is 0 Å². The molecule has 1 fully saturated rings. The molecule has 22 heavy (non-hydrogen) atoms. The SMILES string of the molecule is CC(/C=C/C=C1\C=C2C(CCCC2(C)C)C1(C)C)=C\C(=O)O. The molecule has 0 aromatic heterocycles. The van der Waals surface area contributed by atoms with Gasteiger partial charge in [-0.3, -0.25) is 0 Å². The summed E-state index contributed by atoms with van der Waals surface area (Å²) in [4.78, 5) is 10.6. The topological polar surface area (TPSA) is 37.3 Å². The minimum atomic E-state index is -0.897. The summed E-state index contributed by atoms with van der Waals surface area (Å²) < 4.78 is 0. The third-order valence-corrected chi connectivity index (χ3v) is 5.36. The van der Waals surface area contributed by atoms with Gasteiger partial charge in [0.1, 0.15) is 0 Å². The van der Waals surface area contributed by atoms with Crippen molar-refractivity contribution in [3.8, 4) is 0 Å². The number of carboxylic acid groups (broad SMARTS) is 1. The van der Waals surface area contributed by atoms with E-state index in [-0.39, 0.29) is 5.41 Å². The van der Waals surface area contributed by atoms with Crippen LogP contribution in [0.5, 0.6) is 0 Å². The van der Waals surface area contributed by atoms with Crippen molar-refractivity contribution < 1.29 is 9.90 Å². The summed E-state index contributed by atoms with van der Waals surface area (Å²) in [6.45, 7) is 11.2. The highest BCUT2D eigenvalue weighted by Gasteiger charge is 2.46. The Labute approximate surface area is 134 Å². The predicted molar refractivity (Wildman–Crippen MR) is 91.6 cm³/mol. The Morgan fingerprint density at radius 1 is 1.32 bits per heavy atom. The number of carboxylic acids is 1. The molecule has 1 unspecified atom stereocenters. The van der Waals surface area contributed by atoms with Gasteiger partial charge in [-0.1, -0.05) is 64.0 Å². The van der Waals surface area contributed by atoms with Crippen LogP contribution in [0, 0.1) is 16.7 Å². The second kappa shape index (κ2) is 5.91. The lowest BCUT2D eigenvalue weighted by Gasteiger charge is -2.41. The Kier molecular flexibility index (Phi) is 4.51. The number of allylic oxidation sites excluding steroid dienone is 7. The first-order chi connectivity index (χ1) is 10.1. The van der Waals surface area contributed by atoms with Crippen molar-refractivity contribution in [1.29, 1.82) is 0 Å². The molecule has 0 radical (unpaired) electrons. The first-order valence-corrected chi connectivity index (χ1v) is 8.17. The molecule has 0 heterocycles. The van der Waals surface area contributed by atoms with E-state index in [9.17, 15) is 4.79 Å². The van der Waals surface area contributed by atoms with E-state index < -0.39 is 5.97 Å². The standard InChI is InChI=1S/C20H28O2/c1-14(12-18(21)22)8-6-9-15-13-17-16(20(15,4)5)10-7-11-19(17,2)3/h6,8-9,12-13,16H,7,10-11H2,1-5H3,(H,21,22)/b8-6+,14-12+,15-9+. The van der Waals surface area contributed by atoms with E-state index in [1.165, 1.54) is 30.9 Å². The number of hydrogen-bond donors (Lipinski definition) is 1. The van der Waals surface area contributed by atoms with Crippen LogP contribution in [-0.2, 0) is 4.79 Å². The highest BCUT2D eigenvalue weighted by atomic mass is 16.4. The quantitative estimate of drug-likeness (QED) is 0.568. The smallest absolute Gasteiger partial charge is 0.328 e. The van der Waals surface area contributed by atoms with Crippen molar-refractivity contribution >= 4 is 5.97 Å². The van der Waals surface area contributed by atoms with Crippen molar-refractivity contribution in [2.75, 3.05) is 0 Å². The Morgan fingerprint density at radius 3 is 2.59 bits per heavy atom. The van der Waals surface area contributed by atoms with Gasteiger partial charge in [0.15, 0.2) is 0 Å². The van der Waals surface area contributed by atoms with E-state index in [1.54, 1.807) is 5.57 Å². The van der Waals surface area contributed by atoms with Crippen LogP contribution in [-0.4, -0.2) is 11.1 Å². The first kappa shape index (κ1) is 16.8. The van der Waals surface area contributed by atoms with Crippen LogP contribution in [0.15, 0.2) is 47.1 Å². The fourth-order valence-electron chi connectivity index (χ4n) is 3.93. The van der Waals surface area contributed by atoms with Gasteiger partial charge in [0.2, 0.25) is 0 Å². The molecule has 120 valence electrons. The molecular formula is C20H28O2. The summed E-state index contributed by atoms with van der Waals surface area (Å²) in [6, 6.07) is 0. The Balaban J connectivity index is 2.27. The van der Waals surface area contributed by atoms with Crippen LogP contribution in [0.4, 0.5) is 0 Å². The van der Waals surface area contributed by atoms with E-state index in [2.05, 4.69) is 39.8 Å². The molecule has 0 saturated heterocycles. The number of hydrogen-bond acceptors (Lipinski definition) is 1. The maximum Gasteiger partial charge on any atom is 0.328 e. The van der Waals surface area contributed by atoms with E-state index in [0.29, 0.717) is 11.3 Å².